The molecule has 5 N–H and O–H groups in total. The van der Waals surface area contributed by atoms with E-state index < -0.39 is 0 Å². The monoisotopic (exact) mass is 521 g/mol. The molecule has 0 spiro atoms. The number of nitrogens with one attached hydrogen (secondary N) is 5. The number of rotatable bonds is 14. The Morgan fingerprint density at radius 2 is 1.74 bits per heavy atom. The van der Waals surface area contributed by atoms with Crippen molar-refractivity contribution in [2.45, 2.75) is 83.0 Å². The molecule has 1 aromatic carbocycles. The molecule has 2 aliphatic rings. The van der Waals surface area contributed by atoms with Gasteiger partial charge in [0.25, 0.3) is 0 Å². The van der Waals surface area contributed by atoms with Crippen LogP contribution in [0.3, 0.4) is 0 Å². The summed E-state index contributed by atoms with van der Waals surface area (Å²) in [5.74, 6) is 2.08. The smallest absolute Gasteiger partial charge is 0.225 e. The number of aryl methyl sites for hydroxylation is 1. The van der Waals surface area contributed by atoms with Crippen LogP contribution in [0.5, 0.6) is 0 Å². The van der Waals surface area contributed by atoms with Gasteiger partial charge in [-0.05, 0) is 88.6 Å². The van der Waals surface area contributed by atoms with E-state index in [1.54, 1.807) is 4.80 Å². The van der Waals surface area contributed by atoms with Crippen molar-refractivity contribution in [2.75, 3.05) is 43.4 Å². The van der Waals surface area contributed by atoms with Crippen LogP contribution in [0, 0.1) is 0 Å². The topological polar surface area (TPSA) is 130 Å². The number of hydrogen-bond acceptors (Lipinski definition) is 10. The van der Waals surface area contributed by atoms with E-state index in [4.69, 9.17) is 9.97 Å². The van der Waals surface area contributed by atoms with Gasteiger partial charge in [0.2, 0.25) is 5.95 Å². The summed E-state index contributed by atoms with van der Waals surface area (Å²) in [5.41, 5.74) is 0.912. The van der Waals surface area contributed by atoms with Gasteiger partial charge < -0.3 is 26.6 Å². The Hall–Kier alpha value is -2.89. The predicted octanol–water partition coefficient (Wildman–Crippen LogP) is 2.68. The van der Waals surface area contributed by atoms with Crippen LogP contribution in [0.25, 0.3) is 10.9 Å². The lowest BCUT2D eigenvalue weighted by Gasteiger charge is -2.24. The van der Waals surface area contributed by atoms with Gasteiger partial charge in [-0.25, -0.2) is 4.98 Å². The molecule has 38 heavy (non-hydrogen) atoms. The van der Waals surface area contributed by atoms with Crippen LogP contribution in [0.4, 0.5) is 11.8 Å². The van der Waals surface area contributed by atoms with Crippen LogP contribution in [-0.2, 0) is 13.1 Å². The standard InChI is InChI=1S/C27H43N11/c1-2-8-21(9-3-1)30-16-6-14-28-15-7-19-38-36-25(35-37-38)20-31-27-33-24-11-5-4-10-23(24)26(34-27)32-22-12-17-29-18-13-22/h4-5,10-11,21-22,28-30H,1-3,6-9,12-20H2,(H2,31,32,33,34). The first kappa shape index (κ1) is 26.7. The molecule has 1 saturated carbocycles. The second-order valence-corrected chi connectivity index (χ2v) is 10.5. The molecule has 5 rings (SSSR count). The van der Waals surface area contributed by atoms with E-state index in [2.05, 4.69) is 48.1 Å². The van der Waals surface area contributed by atoms with Gasteiger partial charge >= 0.3 is 0 Å². The molecule has 0 unspecified atom stereocenters. The molecule has 1 saturated heterocycles. The molecule has 3 aromatic rings. The summed E-state index contributed by atoms with van der Waals surface area (Å²) in [6.45, 7) is 6.34. The number of aromatic nitrogens is 6. The first-order valence-electron chi connectivity index (χ1n) is 14.5. The maximum Gasteiger partial charge on any atom is 0.225 e. The molecule has 2 aromatic heterocycles. The van der Waals surface area contributed by atoms with Crippen LogP contribution in [0.2, 0.25) is 0 Å². The van der Waals surface area contributed by atoms with Gasteiger partial charge in [-0.3, -0.25) is 0 Å². The quantitative estimate of drug-likeness (QED) is 0.202. The minimum absolute atomic E-state index is 0.414. The number of tetrazole rings is 1. The number of benzene rings is 1. The largest absolute Gasteiger partial charge is 0.367 e. The Bertz CT molecular complexity index is 1110. The summed E-state index contributed by atoms with van der Waals surface area (Å²) in [6, 6.07) is 9.28. The van der Waals surface area contributed by atoms with Crippen LogP contribution in [0.15, 0.2) is 24.3 Å². The maximum atomic E-state index is 4.79. The average molecular weight is 522 g/mol. The van der Waals surface area contributed by atoms with Crippen LogP contribution in [-0.4, -0.2) is 75.0 Å². The molecule has 3 heterocycles. The Morgan fingerprint density at radius 1 is 0.895 bits per heavy atom. The minimum Gasteiger partial charge on any atom is -0.367 e. The number of piperidine rings is 1. The van der Waals surface area contributed by atoms with Gasteiger partial charge in [-0.15, -0.1) is 10.2 Å². The molecule has 1 aliphatic heterocycles. The highest BCUT2D eigenvalue weighted by molar-refractivity contribution is 5.90. The zero-order valence-electron chi connectivity index (χ0n) is 22.5. The Morgan fingerprint density at radius 3 is 2.63 bits per heavy atom. The highest BCUT2D eigenvalue weighted by Gasteiger charge is 2.16. The number of para-hydroxylation sites is 1. The summed E-state index contributed by atoms with van der Waals surface area (Å²) in [6.07, 6.45) is 11.2. The molecule has 0 atom stereocenters. The fraction of sp³-hybridized carbons (Fsp3) is 0.667. The van der Waals surface area contributed by atoms with Gasteiger partial charge in [-0.2, -0.15) is 9.78 Å². The van der Waals surface area contributed by atoms with E-state index in [0.717, 1.165) is 81.3 Å². The van der Waals surface area contributed by atoms with Crippen molar-refractivity contribution in [3.05, 3.63) is 30.1 Å². The molecule has 206 valence electrons. The second kappa shape index (κ2) is 14.3. The third kappa shape index (κ3) is 8.05. The highest BCUT2D eigenvalue weighted by atomic mass is 15.6. The van der Waals surface area contributed by atoms with Crippen LogP contribution in [0.1, 0.15) is 63.6 Å². The lowest BCUT2D eigenvalue weighted by molar-refractivity contribution is 0.370. The van der Waals surface area contributed by atoms with Gasteiger partial charge in [0.05, 0.1) is 18.6 Å². The zero-order valence-corrected chi connectivity index (χ0v) is 22.5. The lowest BCUT2D eigenvalue weighted by Crippen LogP contribution is -2.35. The number of anilines is 2. The molecule has 0 bridgehead atoms. The van der Waals surface area contributed by atoms with Gasteiger partial charge in [0, 0.05) is 17.5 Å². The van der Waals surface area contributed by atoms with Crippen molar-refractivity contribution in [1.82, 2.24) is 46.1 Å². The fourth-order valence-electron chi connectivity index (χ4n) is 5.32. The first-order chi connectivity index (χ1) is 18.8. The summed E-state index contributed by atoms with van der Waals surface area (Å²) in [4.78, 5) is 11.2. The predicted molar refractivity (Wildman–Crippen MR) is 151 cm³/mol. The Kier molecular flexibility index (Phi) is 10.1. The molecular weight excluding hydrogens is 478 g/mol. The van der Waals surface area contributed by atoms with Crippen molar-refractivity contribution in [3.8, 4) is 0 Å². The molecule has 11 heteroatoms. The summed E-state index contributed by atoms with van der Waals surface area (Å²) in [5, 5.41) is 31.5. The number of hydrogen-bond donors (Lipinski definition) is 5. The van der Waals surface area contributed by atoms with E-state index >= 15 is 0 Å². The van der Waals surface area contributed by atoms with Crippen molar-refractivity contribution >= 4 is 22.7 Å². The van der Waals surface area contributed by atoms with Crippen molar-refractivity contribution in [3.63, 3.8) is 0 Å². The summed E-state index contributed by atoms with van der Waals surface area (Å²) < 4.78 is 0. The lowest BCUT2D eigenvalue weighted by atomic mass is 9.95. The molecule has 1 aliphatic carbocycles. The molecule has 2 fully saturated rings. The number of fused-ring (bicyclic) bond motifs is 1. The molecule has 11 nitrogen and oxygen atoms in total. The van der Waals surface area contributed by atoms with E-state index in [9.17, 15) is 0 Å². The third-order valence-electron chi connectivity index (χ3n) is 7.46. The van der Waals surface area contributed by atoms with Gasteiger partial charge in [-0.1, -0.05) is 31.4 Å². The highest BCUT2D eigenvalue weighted by Crippen LogP contribution is 2.24. The van der Waals surface area contributed by atoms with Crippen molar-refractivity contribution in [1.29, 1.82) is 0 Å². The normalized spacial score (nSPS) is 17.2. The van der Waals surface area contributed by atoms with Gasteiger partial charge in [0.15, 0.2) is 5.82 Å². The second-order valence-electron chi connectivity index (χ2n) is 10.5. The third-order valence-corrected chi connectivity index (χ3v) is 7.46. The zero-order chi connectivity index (χ0) is 25.8. The Balaban J connectivity index is 1.03. The van der Waals surface area contributed by atoms with E-state index in [1.165, 1.54) is 38.5 Å². The average Bonchev–Trinajstić information content (AvgIpc) is 3.42. The van der Waals surface area contributed by atoms with Crippen molar-refractivity contribution < 1.29 is 0 Å². The summed E-state index contributed by atoms with van der Waals surface area (Å²) >= 11 is 0. The Labute approximate surface area is 225 Å². The van der Waals surface area contributed by atoms with Crippen LogP contribution >= 0.6 is 0 Å². The number of nitrogens with zero attached hydrogens (tertiary/aromatic N) is 6. The maximum absolute atomic E-state index is 4.79. The van der Waals surface area contributed by atoms with E-state index in [-0.39, 0.29) is 0 Å². The molecule has 0 amide bonds. The first-order valence-corrected chi connectivity index (χ1v) is 14.5. The van der Waals surface area contributed by atoms with E-state index in [0.29, 0.717) is 24.4 Å². The molecule has 0 radical (unpaired) electrons. The van der Waals surface area contributed by atoms with Gasteiger partial charge in [0.1, 0.15) is 5.82 Å². The SMILES string of the molecule is c1ccc2c(NC3CCNCC3)nc(NCc3nnn(CCCNCCCNC4CCCCC4)n3)nc2c1. The summed E-state index contributed by atoms with van der Waals surface area (Å²) in [7, 11) is 0. The van der Waals surface area contributed by atoms with Crippen molar-refractivity contribution in [2.24, 2.45) is 0 Å². The minimum atomic E-state index is 0.414. The fourth-order valence-corrected chi connectivity index (χ4v) is 5.32. The van der Waals surface area contributed by atoms with E-state index in [1.807, 2.05) is 18.2 Å². The molecular formula is C27H43N11. The van der Waals surface area contributed by atoms with Crippen LogP contribution < -0.4 is 26.6 Å².